The highest BCUT2D eigenvalue weighted by atomic mass is 16.4. The van der Waals surface area contributed by atoms with E-state index in [0.717, 1.165) is 18.4 Å². The van der Waals surface area contributed by atoms with Crippen LogP contribution in [0.4, 0.5) is 0 Å². The third-order valence-corrected chi connectivity index (χ3v) is 8.28. The number of rotatable bonds is 2. The lowest BCUT2D eigenvalue weighted by atomic mass is 9.46. The minimum atomic E-state index is -2.05. The van der Waals surface area contributed by atoms with Crippen molar-refractivity contribution >= 4 is 11.6 Å². The van der Waals surface area contributed by atoms with Crippen LogP contribution in [0, 0.1) is 28.6 Å². The normalized spacial score (nSPS) is 51.3. The number of aliphatic hydroxyl groups is 4. The van der Waals surface area contributed by atoms with Gasteiger partial charge in [-0.25, -0.2) is 0 Å². The van der Waals surface area contributed by atoms with Crippen molar-refractivity contribution in [1.29, 1.82) is 0 Å². The molecule has 0 radical (unpaired) electrons. The summed E-state index contributed by atoms with van der Waals surface area (Å²) in [6.07, 6.45) is 4.97. The fraction of sp³-hybridized carbons (Fsp3) is 0.714. The molecule has 0 bridgehead atoms. The van der Waals surface area contributed by atoms with Gasteiger partial charge in [-0.15, -0.1) is 0 Å². The molecular weight excluding hydrogens is 348 g/mol. The highest BCUT2D eigenvalue weighted by Crippen LogP contribution is 2.67. The van der Waals surface area contributed by atoms with Crippen molar-refractivity contribution in [2.75, 3.05) is 6.61 Å². The molecule has 3 fully saturated rings. The molecule has 148 valence electrons. The molecule has 6 nitrogen and oxygen atoms in total. The van der Waals surface area contributed by atoms with E-state index in [4.69, 9.17) is 0 Å². The van der Waals surface area contributed by atoms with Crippen molar-refractivity contribution in [2.45, 2.75) is 57.3 Å². The number of Topliss-reactive ketones (excluding diaryl/α,β-unsaturated/α-hetero) is 1. The molecule has 0 aromatic carbocycles. The predicted octanol–water partition coefficient (Wildman–Crippen LogP) is 0.528. The second-order valence-electron chi connectivity index (χ2n) is 9.31. The summed E-state index contributed by atoms with van der Waals surface area (Å²) < 4.78 is 0. The monoisotopic (exact) mass is 376 g/mol. The molecule has 0 amide bonds. The van der Waals surface area contributed by atoms with Crippen LogP contribution in [0.25, 0.3) is 0 Å². The molecule has 0 aromatic rings. The van der Waals surface area contributed by atoms with Crippen LogP contribution in [0.5, 0.6) is 0 Å². The Hall–Kier alpha value is -1.34. The Bertz CT molecular complexity index is 756. The third kappa shape index (κ3) is 2.21. The van der Waals surface area contributed by atoms with Crippen LogP contribution in [0.2, 0.25) is 0 Å². The van der Waals surface area contributed by atoms with Crippen molar-refractivity contribution in [3.8, 4) is 0 Å². The summed E-state index contributed by atoms with van der Waals surface area (Å²) in [7, 11) is 0. The number of allylic oxidation sites excluding steroid dienone is 4. The van der Waals surface area contributed by atoms with Gasteiger partial charge in [-0.3, -0.25) is 9.59 Å². The Balaban J connectivity index is 1.78. The van der Waals surface area contributed by atoms with Crippen LogP contribution in [0.1, 0.15) is 39.5 Å². The molecule has 4 rings (SSSR count). The zero-order valence-corrected chi connectivity index (χ0v) is 15.8. The number of carbonyl (C=O) groups excluding carboxylic acids is 2. The highest BCUT2D eigenvalue weighted by Gasteiger charge is 2.71. The highest BCUT2D eigenvalue weighted by molar-refractivity contribution is 6.01. The first kappa shape index (κ1) is 19.0. The van der Waals surface area contributed by atoms with Crippen LogP contribution < -0.4 is 0 Å². The third-order valence-electron chi connectivity index (χ3n) is 8.28. The molecule has 3 saturated carbocycles. The van der Waals surface area contributed by atoms with E-state index in [2.05, 4.69) is 0 Å². The Morgan fingerprint density at radius 2 is 2.00 bits per heavy atom. The van der Waals surface area contributed by atoms with Gasteiger partial charge in [0.2, 0.25) is 0 Å². The van der Waals surface area contributed by atoms with Gasteiger partial charge in [-0.1, -0.05) is 25.5 Å². The first-order chi connectivity index (χ1) is 12.6. The lowest BCUT2D eigenvalue weighted by Crippen LogP contribution is -2.63. The topological polar surface area (TPSA) is 115 Å². The maximum atomic E-state index is 12.4. The standard InChI is InChI=1S/C21H28O6/c1-19-6-5-12(23)7-11(19)3-4-13-14-8-16(25)21(27,17(26)10-22)20(14,2)9-15(24)18(13)19/h5-7,13-16,18,22,24-25,27H,3-4,8-10H2,1-2H3/t13-,14-,15?,16+,18+,19-,20-,21-/m0/s1. The van der Waals surface area contributed by atoms with E-state index >= 15 is 0 Å². The molecule has 0 aliphatic heterocycles. The lowest BCUT2D eigenvalue weighted by molar-refractivity contribution is -0.190. The Morgan fingerprint density at radius 1 is 1.30 bits per heavy atom. The van der Waals surface area contributed by atoms with Crippen molar-refractivity contribution < 1.29 is 30.0 Å². The summed E-state index contributed by atoms with van der Waals surface area (Å²) in [6, 6.07) is 0. The second kappa shape index (κ2) is 5.83. The molecule has 0 aromatic heterocycles. The molecule has 0 heterocycles. The van der Waals surface area contributed by atoms with Crippen LogP contribution in [0.3, 0.4) is 0 Å². The van der Waals surface area contributed by atoms with Gasteiger partial charge >= 0.3 is 0 Å². The minimum absolute atomic E-state index is 0.00826. The number of carbonyl (C=O) groups is 2. The molecule has 27 heavy (non-hydrogen) atoms. The van der Waals surface area contributed by atoms with Gasteiger partial charge < -0.3 is 20.4 Å². The fourth-order valence-electron chi connectivity index (χ4n) is 6.96. The molecule has 4 aliphatic rings. The molecule has 8 atom stereocenters. The lowest BCUT2D eigenvalue weighted by Gasteiger charge is -2.59. The van der Waals surface area contributed by atoms with Crippen molar-refractivity contribution in [3.05, 3.63) is 23.8 Å². The number of hydrogen-bond acceptors (Lipinski definition) is 6. The van der Waals surface area contributed by atoms with Crippen LogP contribution in [0.15, 0.2) is 23.8 Å². The van der Waals surface area contributed by atoms with Gasteiger partial charge in [0.1, 0.15) is 6.61 Å². The first-order valence-corrected chi connectivity index (χ1v) is 9.76. The summed E-state index contributed by atoms with van der Waals surface area (Å²) >= 11 is 0. The average Bonchev–Trinajstić information content (AvgIpc) is 2.82. The van der Waals surface area contributed by atoms with Gasteiger partial charge in [0.15, 0.2) is 17.2 Å². The minimum Gasteiger partial charge on any atom is -0.393 e. The van der Waals surface area contributed by atoms with Crippen LogP contribution in [-0.4, -0.2) is 56.4 Å². The molecule has 6 heteroatoms. The second-order valence-corrected chi connectivity index (χ2v) is 9.31. The quantitative estimate of drug-likeness (QED) is 0.559. The van der Waals surface area contributed by atoms with Crippen molar-refractivity contribution in [2.24, 2.45) is 28.6 Å². The maximum Gasteiger partial charge on any atom is 0.192 e. The van der Waals surface area contributed by atoms with E-state index in [9.17, 15) is 30.0 Å². The predicted molar refractivity (Wildman–Crippen MR) is 96.4 cm³/mol. The SMILES string of the molecule is C[C@]12C=CC(=O)C=C1CC[C@@H]1[C@@H]2C(O)C[C@@]2(C)[C@H]1C[C@@H](O)[C@]2(O)C(=O)CO. The van der Waals surface area contributed by atoms with E-state index in [0.29, 0.717) is 0 Å². The van der Waals surface area contributed by atoms with Gasteiger partial charge in [-0.2, -0.15) is 0 Å². The van der Waals surface area contributed by atoms with Gasteiger partial charge in [0, 0.05) is 16.7 Å². The number of aliphatic hydroxyl groups excluding tert-OH is 3. The Kier molecular flexibility index (Phi) is 4.10. The number of ketones is 2. The van der Waals surface area contributed by atoms with Crippen LogP contribution in [-0.2, 0) is 9.59 Å². The summed E-state index contributed by atoms with van der Waals surface area (Å²) in [5.74, 6) is -1.09. The molecule has 4 aliphatic carbocycles. The summed E-state index contributed by atoms with van der Waals surface area (Å²) in [5, 5.41) is 42.3. The van der Waals surface area contributed by atoms with E-state index in [1.807, 2.05) is 13.0 Å². The summed E-state index contributed by atoms with van der Waals surface area (Å²) in [4.78, 5) is 24.2. The zero-order valence-electron chi connectivity index (χ0n) is 15.8. The van der Waals surface area contributed by atoms with E-state index < -0.39 is 41.0 Å². The number of hydrogen-bond donors (Lipinski definition) is 4. The molecule has 0 spiro atoms. The smallest absolute Gasteiger partial charge is 0.192 e. The fourth-order valence-corrected chi connectivity index (χ4v) is 6.96. The summed E-state index contributed by atoms with van der Waals surface area (Å²) in [6.45, 7) is 2.96. The largest absolute Gasteiger partial charge is 0.393 e. The molecule has 0 saturated heterocycles. The molecule has 4 N–H and O–H groups in total. The van der Waals surface area contributed by atoms with Gasteiger partial charge in [0.25, 0.3) is 0 Å². The average molecular weight is 376 g/mol. The Labute approximate surface area is 158 Å². The van der Waals surface area contributed by atoms with Gasteiger partial charge in [-0.05, 0) is 49.7 Å². The van der Waals surface area contributed by atoms with E-state index in [-0.39, 0.29) is 36.4 Å². The Morgan fingerprint density at radius 3 is 2.67 bits per heavy atom. The molecular formula is C21H28O6. The molecule has 1 unspecified atom stereocenters. The van der Waals surface area contributed by atoms with Gasteiger partial charge in [0.05, 0.1) is 12.2 Å². The van der Waals surface area contributed by atoms with Crippen LogP contribution >= 0.6 is 0 Å². The van der Waals surface area contributed by atoms with E-state index in [1.165, 1.54) is 0 Å². The number of fused-ring (bicyclic) bond motifs is 5. The van der Waals surface area contributed by atoms with E-state index in [1.54, 1.807) is 19.1 Å². The van der Waals surface area contributed by atoms with Crippen molar-refractivity contribution in [3.63, 3.8) is 0 Å². The van der Waals surface area contributed by atoms with Crippen molar-refractivity contribution in [1.82, 2.24) is 0 Å². The summed E-state index contributed by atoms with van der Waals surface area (Å²) in [5.41, 5.74) is -2.46. The maximum absolute atomic E-state index is 12.4. The first-order valence-electron chi connectivity index (χ1n) is 9.76. The zero-order chi connectivity index (χ0) is 19.8.